The van der Waals surface area contributed by atoms with Gasteiger partial charge in [0.2, 0.25) is 0 Å². The Morgan fingerprint density at radius 1 is 1.15 bits per heavy atom. The molecule has 0 aromatic carbocycles. The van der Waals surface area contributed by atoms with E-state index >= 15 is 0 Å². The van der Waals surface area contributed by atoms with E-state index in [0.717, 1.165) is 28.2 Å². The van der Waals surface area contributed by atoms with Crippen LogP contribution in [0.1, 0.15) is 80.9 Å². The minimum absolute atomic E-state index is 0.160. The lowest BCUT2D eigenvalue weighted by Crippen LogP contribution is -2.38. The summed E-state index contributed by atoms with van der Waals surface area (Å²) in [6.45, 7) is 8.65. The predicted molar refractivity (Wildman–Crippen MR) is 165 cm³/mol. The van der Waals surface area contributed by atoms with Gasteiger partial charge < -0.3 is 14.6 Å². The number of likely N-dealkylation sites (tertiary alicyclic amines) is 1. The number of nitrogens with one attached hydrogen (secondary N) is 1. The number of dihydropyridines is 1. The number of rotatable bonds is 9. The fourth-order valence-corrected chi connectivity index (χ4v) is 8.02. The first-order valence-electron chi connectivity index (χ1n) is 15.3. The van der Waals surface area contributed by atoms with Crippen molar-refractivity contribution in [3.05, 3.63) is 40.6 Å². The Labute approximate surface area is 247 Å². The number of nitrogens with zero attached hydrogens (tertiary/aromatic N) is 4. The molecule has 2 amide bonds. The van der Waals surface area contributed by atoms with Crippen LogP contribution in [0, 0.1) is 18.8 Å². The summed E-state index contributed by atoms with van der Waals surface area (Å²) < 4.78 is 8.49. The summed E-state index contributed by atoms with van der Waals surface area (Å²) in [5.74, 6) is -0.259. The number of allylic oxidation sites excluding steroid dienone is 1. The molecular formula is C32H43N5O3S. The van der Waals surface area contributed by atoms with E-state index in [-0.39, 0.29) is 24.4 Å². The smallest absolute Gasteiger partial charge is 0.255 e. The second-order valence-corrected chi connectivity index (χ2v) is 13.2. The van der Waals surface area contributed by atoms with Crippen LogP contribution in [0.2, 0.25) is 0 Å². The van der Waals surface area contributed by atoms with Crippen molar-refractivity contribution in [2.24, 2.45) is 16.8 Å². The lowest BCUT2D eigenvalue weighted by molar-refractivity contribution is -0.120. The fraction of sp³-hybridized carbons (Fsp3) is 0.625. The Morgan fingerprint density at radius 2 is 1.93 bits per heavy atom. The van der Waals surface area contributed by atoms with Gasteiger partial charge in [0.25, 0.3) is 11.8 Å². The molecule has 0 spiro atoms. The van der Waals surface area contributed by atoms with E-state index in [1.807, 2.05) is 44.5 Å². The maximum absolute atomic E-state index is 13.6. The van der Waals surface area contributed by atoms with E-state index in [2.05, 4.69) is 26.7 Å². The van der Waals surface area contributed by atoms with Crippen LogP contribution in [-0.4, -0.2) is 76.1 Å². The summed E-state index contributed by atoms with van der Waals surface area (Å²) in [6.07, 6.45) is 15.1. The second kappa shape index (κ2) is 12.0. The Morgan fingerprint density at radius 3 is 2.66 bits per heavy atom. The average molecular weight is 578 g/mol. The molecule has 2 unspecified atom stereocenters. The molecule has 2 aromatic heterocycles. The summed E-state index contributed by atoms with van der Waals surface area (Å²) in [4.78, 5) is 38.8. The molecule has 41 heavy (non-hydrogen) atoms. The third-order valence-corrected chi connectivity index (χ3v) is 10.5. The number of ether oxygens (including phenoxy) is 1. The van der Waals surface area contributed by atoms with Crippen LogP contribution in [0.15, 0.2) is 34.3 Å². The monoisotopic (exact) mass is 577 g/mol. The number of aromatic nitrogens is 2. The largest absolute Gasteiger partial charge is 0.374 e. The highest BCUT2D eigenvalue weighted by Gasteiger charge is 2.36. The van der Waals surface area contributed by atoms with Gasteiger partial charge in [-0.1, -0.05) is 0 Å². The molecule has 0 bridgehead atoms. The van der Waals surface area contributed by atoms with Crippen molar-refractivity contribution in [2.45, 2.75) is 90.0 Å². The molecular weight excluding hydrogens is 534 g/mol. The maximum Gasteiger partial charge on any atom is 0.255 e. The summed E-state index contributed by atoms with van der Waals surface area (Å²) >= 11 is 1.54. The lowest BCUT2D eigenvalue weighted by atomic mass is 9.81. The standard InChI is InChI=1S/C32H43N5O3S/c1-19-16-28(41-4)27(31(38)35-19)17-34-32(39)29-21(3)37(30-26(29)6-5-14-33-30)20(2)22-7-9-23(10-8-22)36-15-13-25(18-36)40-24-11-12-24/h5-6,14,16,20,22-25,27H,7-13,15,17-18H2,1-4H3,(H,34,39)/t20-,22?,23?,25?,27?/m1/s1. The molecule has 4 aliphatic rings. The van der Waals surface area contributed by atoms with Gasteiger partial charge in [-0.2, -0.15) is 0 Å². The van der Waals surface area contributed by atoms with Crippen molar-refractivity contribution < 1.29 is 14.3 Å². The van der Waals surface area contributed by atoms with E-state index in [9.17, 15) is 9.59 Å². The van der Waals surface area contributed by atoms with Crippen LogP contribution >= 0.6 is 11.8 Å². The van der Waals surface area contributed by atoms with Crippen LogP contribution in [0.25, 0.3) is 11.0 Å². The van der Waals surface area contributed by atoms with Crippen molar-refractivity contribution in [3.63, 3.8) is 0 Å². The molecule has 1 saturated heterocycles. The van der Waals surface area contributed by atoms with Crippen LogP contribution in [-0.2, 0) is 9.53 Å². The highest BCUT2D eigenvalue weighted by atomic mass is 32.2. The number of fused-ring (bicyclic) bond motifs is 1. The molecule has 0 radical (unpaired) electrons. The quantitative estimate of drug-likeness (QED) is 0.435. The molecule has 2 aromatic rings. The number of hydrogen-bond acceptors (Lipinski definition) is 6. The van der Waals surface area contributed by atoms with Crippen molar-refractivity contribution >= 4 is 40.3 Å². The van der Waals surface area contributed by atoms with Gasteiger partial charge in [0, 0.05) is 59.6 Å². The molecule has 4 heterocycles. The Hall–Kier alpha value is -2.49. The van der Waals surface area contributed by atoms with Gasteiger partial charge in [0.15, 0.2) is 0 Å². The van der Waals surface area contributed by atoms with Crippen LogP contribution in [0.3, 0.4) is 0 Å². The number of pyridine rings is 1. The molecule has 1 N–H and O–H groups in total. The van der Waals surface area contributed by atoms with Gasteiger partial charge in [0.05, 0.1) is 23.7 Å². The van der Waals surface area contributed by atoms with Gasteiger partial charge in [-0.25, -0.2) is 9.98 Å². The minimum atomic E-state index is -0.440. The molecule has 8 nitrogen and oxygen atoms in total. The van der Waals surface area contributed by atoms with Crippen LogP contribution < -0.4 is 5.32 Å². The molecule has 6 rings (SSSR count). The highest BCUT2D eigenvalue weighted by Crippen LogP contribution is 2.39. The maximum atomic E-state index is 13.6. The molecule has 3 fully saturated rings. The lowest BCUT2D eigenvalue weighted by Gasteiger charge is -2.37. The second-order valence-electron chi connectivity index (χ2n) is 12.4. The summed E-state index contributed by atoms with van der Waals surface area (Å²) in [5, 5.41) is 3.93. The molecule has 220 valence electrons. The first-order valence-corrected chi connectivity index (χ1v) is 16.5. The van der Waals surface area contributed by atoms with Gasteiger partial charge in [-0.3, -0.25) is 14.5 Å². The summed E-state index contributed by atoms with van der Waals surface area (Å²) in [5.41, 5.74) is 3.17. The van der Waals surface area contributed by atoms with Gasteiger partial charge in [0.1, 0.15) is 5.65 Å². The minimum Gasteiger partial charge on any atom is -0.374 e. The topological polar surface area (TPSA) is 88.8 Å². The van der Waals surface area contributed by atoms with E-state index in [1.54, 1.807) is 0 Å². The molecule has 2 saturated carbocycles. The van der Waals surface area contributed by atoms with Crippen LogP contribution in [0.4, 0.5) is 0 Å². The number of thioether (sulfide) groups is 1. The van der Waals surface area contributed by atoms with E-state index in [1.165, 1.54) is 63.3 Å². The van der Waals surface area contributed by atoms with Gasteiger partial charge in [-0.15, -0.1) is 11.8 Å². The first kappa shape index (κ1) is 28.6. The molecule has 9 heteroatoms. The molecule has 2 aliphatic carbocycles. The zero-order valence-corrected chi connectivity index (χ0v) is 25.6. The highest BCUT2D eigenvalue weighted by molar-refractivity contribution is 8.02. The zero-order chi connectivity index (χ0) is 28.7. The van der Waals surface area contributed by atoms with Gasteiger partial charge in [-0.05, 0) is 96.1 Å². The van der Waals surface area contributed by atoms with Crippen molar-refractivity contribution in [3.8, 4) is 0 Å². The molecule has 2 aliphatic heterocycles. The van der Waals surface area contributed by atoms with Gasteiger partial charge >= 0.3 is 0 Å². The Kier molecular flexibility index (Phi) is 8.39. The predicted octanol–water partition coefficient (Wildman–Crippen LogP) is 5.31. The fourth-order valence-electron chi connectivity index (χ4n) is 7.26. The third-order valence-electron chi connectivity index (χ3n) is 9.65. The normalized spacial score (nSPS) is 28.0. The summed E-state index contributed by atoms with van der Waals surface area (Å²) in [6, 6.07) is 4.78. The number of carbonyl (C=O) groups is 2. The number of amides is 2. The Bertz CT molecular complexity index is 1370. The van der Waals surface area contributed by atoms with Crippen LogP contribution in [0.5, 0.6) is 0 Å². The van der Waals surface area contributed by atoms with E-state index < -0.39 is 5.92 Å². The van der Waals surface area contributed by atoms with E-state index in [4.69, 9.17) is 9.72 Å². The van der Waals surface area contributed by atoms with Crippen molar-refractivity contribution in [1.29, 1.82) is 0 Å². The number of hydrogen-bond donors (Lipinski definition) is 1. The average Bonchev–Trinajstić information content (AvgIpc) is 3.57. The Balaban J connectivity index is 1.14. The SMILES string of the molecule is CSC1=CC(C)=NC(=O)C1CNC(=O)c1c(C)n([C@H](C)C2CCC(N3CCC(OC4CC4)C3)CC2)c2ncccc12. The zero-order valence-electron chi connectivity index (χ0n) is 24.8. The number of aliphatic imine (C=N–C) groups is 1. The van der Waals surface area contributed by atoms with Crippen molar-refractivity contribution in [2.75, 3.05) is 25.9 Å². The first-order chi connectivity index (χ1) is 19.8. The van der Waals surface area contributed by atoms with E-state index in [0.29, 0.717) is 35.4 Å². The molecule has 3 atom stereocenters. The van der Waals surface area contributed by atoms with Crippen molar-refractivity contribution in [1.82, 2.24) is 19.8 Å². The summed E-state index contributed by atoms with van der Waals surface area (Å²) in [7, 11) is 0. The number of carbonyl (C=O) groups excluding carboxylic acids is 2. The third kappa shape index (κ3) is 5.90.